The first-order valence-corrected chi connectivity index (χ1v) is 6.11. The molecule has 1 atom stereocenters. The van der Waals surface area contributed by atoms with E-state index >= 15 is 0 Å². The molecule has 1 N–H and O–H groups in total. The molecule has 0 aliphatic carbocycles. The molecule has 17 heavy (non-hydrogen) atoms. The molecule has 96 valence electrons. The molecule has 1 aliphatic rings. The summed E-state index contributed by atoms with van der Waals surface area (Å²) in [6, 6.07) is 2.03. The molecular formula is C12H21N3O2. The van der Waals surface area contributed by atoms with Crippen molar-refractivity contribution in [2.45, 2.75) is 19.3 Å². The van der Waals surface area contributed by atoms with E-state index in [1.165, 1.54) is 0 Å². The minimum absolute atomic E-state index is 0.0905. The second kappa shape index (κ2) is 7.25. The van der Waals surface area contributed by atoms with E-state index in [-0.39, 0.29) is 12.5 Å². The van der Waals surface area contributed by atoms with Crippen molar-refractivity contribution in [2.75, 3.05) is 39.8 Å². The van der Waals surface area contributed by atoms with Crippen molar-refractivity contribution in [1.82, 2.24) is 9.80 Å². The van der Waals surface area contributed by atoms with Crippen LogP contribution in [0.25, 0.3) is 0 Å². The van der Waals surface area contributed by atoms with Crippen LogP contribution in [0.3, 0.4) is 0 Å². The molecule has 1 unspecified atom stereocenters. The fourth-order valence-electron chi connectivity index (χ4n) is 2.05. The lowest BCUT2D eigenvalue weighted by Gasteiger charge is -2.19. The molecule has 1 amide bonds. The summed E-state index contributed by atoms with van der Waals surface area (Å²) in [6.07, 6.45) is 1.91. The van der Waals surface area contributed by atoms with E-state index in [9.17, 15) is 4.79 Å². The Bertz CT molecular complexity index is 288. The van der Waals surface area contributed by atoms with Crippen molar-refractivity contribution in [3.8, 4) is 6.07 Å². The molecule has 0 saturated carbocycles. The molecule has 0 spiro atoms. The minimum atomic E-state index is 0.0905. The van der Waals surface area contributed by atoms with Crippen LogP contribution in [0.2, 0.25) is 0 Å². The molecule has 0 aromatic rings. The fourth-order valence-corrected chi connectivity index (χ4v) is 2.05. The van der Waals surface area contributed by atoms with Crippen LogP contribution in [0.5, 0.6) is 0 Å². The molecule has 0 aromatic carbocycles. The van der Waals surface area contributed by atoms with E-state index in [0.29, 0.717) is 25.3 Å². The summed E-state index contributed by atoms with van der Waals surface area (Å²) in [5.74, 6) is 0.467. The van der Waals surface area contributed by atoms with Gasteiger partial charge in [-0.2, -0.15) is 5.26 Å². The van der Waals surface area contributed by atoms with Gasteiger partial charge in [-0.25, -0.2) is 0 Å². The Morgan fingerprint density at radius 3 is 3.00 bits per heavy atom. The average molecular weight is 239 g/mol. The Morgan fingerprint density at radius 2 is 2.41 bits per heavy atom. The van der Waals surface area contributed by atoms with Crippen molar-refractivity contribution < 1.29 is 9.90 Å². The molecule has 1 heterocycles. The van der Waals surface area contributed by atoms with Gasteiger partial charge in [-0.1, -0.05) is 0 Å². The van der Waals surface area contributed by atoms with E-state index in [1.807, 2.05) is 6.07 Å². The lowest BCUT2D eigenvalue weighted by atomic mass is 10.1. The van der Waals surface area contributed by atoms with Gasteiger partial charge in [0.15, 0.2) is 0 Å². The second-order valence-electron chi connectivity index (χ2n) is 4.61. The Balaban J connectivity index is 2.18. The highest BCUT2D eigenvalue weighted by molar-refractivity contribution is 5.76. The summed E-state index contributed by atoms with van der Waals surface area (Å²) in [5.41, 5.74) is 0. The first-order chi connectivity index (χ1) is 8.17. The SMILES string of the molecule is CN(CCC#N)C(=O)CCN1CCC(CO)C1. The number of nitrogens with zero attached hydrogens (tertiary/aromatic N) is 3. The van der Waals surface area contributed by atoms with Crippen molar-refractivity contribution in [3.05, 3.63) is 0 Å². The monoisotopic (exact) mass is 239 g/mol. The standard InChI is InChI=1S/C12H21N3O2/c1-14(6-2-5-13)12(17)4-8-15-7-3-11(9-15)10-16/h11,16H,2-4,6-10H2,1H3. The number of aliphatic hydroxyl groups is 1. The molecule has 1 rings (SSSR count). The van der Waals surface area contributed by atoms with Gasteiger partial charge in [-0.05, 0) is 18.9 Å². The zero-order valence-electron chi connectivity index (χ0n) is 10.4. The number of rotatable bonds is 6. The highest BCUT2D eigenvalue weighted by atomic mass is 16.3. The van der Waals surface area contributed by atoms with Gasteiger partial charge in [0, 0.05) is 39.7 Å². The zero-order chi connectivity index (χ0) is 12.7. The van der Waals surface area contributed by atoms with E-state index in [1.54, 1.807) is 11.9 Å². The third-order valence-corrected chi connectivity index (χ3v) is 3.25. The zero-order valence-corrected chi connectivity index (χ0v) is 10.4. The van der Waals surface area contributed by atoms with Crippen molar-refractivity contribution in [2.24, 2.45) is 5.92 Å². The molecule has 5 heteroatoms. The van der Waals surface area contributed by atoms with Gasteiger partial charge in [0.2, 0.25) is 5.91 Å². The van der Waals surface area contributed by atoms with E-state index in [4.69, 9.17) is 10.4 Å². The van der Waals surface area contributed by atoms with Crippen LogP contribution in [0.4, 0.5) is 0 Å². The Labute approximate surface area is 103 Å². The normalized spacial score (nSPS) is 20.2. The summed E-state index contributed by atoms with van der Waals surface area (Å²) < 4.78 is 0. The first-order valence-electron chi connectivity index (χ1n) is 6.11. The number of likely N-dealkylation sites (tertiary alicyclic amines) is 1. The Morgan fingerprint density at radius 1 is 1.65 bits per heavy atom. The van der Waals surface area contributed by atoms with Crippen molar-refractivity contribution in [3.63, 3.8) is 0 Å². The van der Waals surface area contributed by atoms with Crippen LogP contribution in [-0.2, 0) is 4.79 Å². The van der Waals surface area contributed by atoms with Crippen LogP contribution in [0, 0.1) is 17.2 Å². The first kappa shape index (κ1) is 13.9. The van der Waals surface area contributed by atoms with Crippen LogP contribution in [0.1, 0.15) is 19.3 Å². The third-order valence-electron chi connectivity index (χ3n) is 3.25. The van der Waals surface area contributed by atoms with Gasteiger partial charge in [0.25, 0.3) is 0 Å². The molecule has 0 radical (unpaired) electrons. The number of hydrogen-bond acceptors (Lipinski definition) is 4. The van der Waals surface area contributed by atoms with E-state index < -0.39 is 0 Å². The summed E-state index contributed by atoms with van der Waals surface area (Å²) in [4.78, 5) is 15.5. The molecule has 5 nitrogen and oxygen atoms in total. The summed E-state index contributed by atoms with van der Waals surface area (Å²) in [5, 5.41) is 17.4. The summed E-state index contributed by atoms with van der Waals surface area (Å²) in [6.45, 7) is 3.37. The second-order valence-corrected chi connectivity index (χ2v) is 4.61. The average Bonchev–Trinajstić information content (AvgIpc) is 2.80. The summed E-state index contributed by atoms with van der Waals surface area (Å²) >= 11 is 0. The number of hydrogen-bond donors (Lipinski definition) is 1. The van der Waals surface area contributed by atoms with Crippen LogP contribution in [-0.4, -0.2) is 60.6 Å². The molecular weight excluding hydrogens is 218 g/mol. The molecule has 1 saturated heterocycles. The molecule has 0 aromatic heterocycles. The van der Waals surface area contributed by atoms with Crippen molar-refractivity contribution >= 4 is 5.91 Å². The highest BCUT2D eigenvalue weighted by Gasteiger charge is 2.22. The fraction of sp³-hybridized carbons (Fsp3) is 0.833. The lowest BCUT2D eigenvalue weighted by Crippen LogP contribution is -2.32. The lowest BCUT2D eigenvalue weighted by molar-refractivity contribution is -0.130. The van der Waals surface area contributed by atoms with E-state index in [0.717, 1.165) is 26.1 Å². The number of amides is 1. The largest absolute Gasteiger partial charge is 0.396 e. The number of nitriles is 1. The molecule has 1 fully saturated rings. The van der Waals surface area contributed by atoms with Crippen LogP contribution < -0.4 is 0 Å². The maximum Gasteiger partial charge on any atom is 0.223 e. The number of aliphatic hydroxyl groups excluding tert-OH is 1. The quantitative estimate of drug-likeness (QED) is 0.712. The van der Waals surface area contributed by atoms with Crippen LogP contribution in [0.15, 0.2) is 0 Å². The highest BCUT2D eigenvalue weighted by Crippen LogP contribution is 2.15. The predicted octanol–water partition coefficient (Wildman–Crippen LogP) is 0.0628. The topological polar surface area (TPSA) is 67.6 Å². The minimum Gasteiger partial charge on any atom is -0.396 e. The van der Waals surface area contributed by atoms with Gasteiger partial charge in [0.1, 0.15) is 0 Å². The Kier molecular flexibility index (Phi) is 5.95. The van der Waals surface area contributed by atoms with Gasteiger partial charge >= 0.3 is 0 Å². The van der Waals surface area contributed by atoms with E-state index in [2.05, 4.69) is 4.90 Å². The maximum absolute atomic E-state index is 11.7. The predicted molar refractivity (Wildman–Crippen MR) is 64.1 cm³/mol. The molecule has 1 aliphatic heterocycles. The van der Waals surface area contributed by atoms with Crippen LogP contribution >= 0.6 is 0 Å². The Hall–Kier alpha value is -1.12. The maximum atomic E-state index is 11.7. The smallest absolute Gasteiger partial charge is 0.223 e. The molecule has 0 bridgehead atoms. The number of carbonyl (C=O) groups is 1. The summed E-state index contributed by atoms with van der Waals surface area (Å²) in [7, 11) is 1.74. The van der Waals surface area contributed by atoms with Gasteiger partial charge in [0.05, 0.1) is 12.5 Å². The van der Waals surface area contributed by atoms with Gasteiger partial charge in [-0.15, -0.1) is 0 Å². The van der Waals surface area contributed by atoms with Gasteiger partial charge < -0.3 is 14.9 Å². The van der Waals surface area contributed by atoms with Crippen molar-refractivity contribution in [1.29, 1.82) is 5.26 Å². The number of carbonyl (C=O) groups excluding carboxylic acids is 1. The van der Waals surface area contributed by atoms with Gasteiger partial charge in [-0.3, -0.25) is 4.79 Å². The third kappa shape index (κ3) is 4.72.